The summed E-state index contributed by atoms with van der Waals surface area (Å²) >= 11 is 0. The largest absolute Gasteiger partial charge is 0.456 e. The number of hydrogen-bond donors (Lipinski definition) is 1. The third kappa shape index (κ3) is 5.64. The Kier molecular flexibility index (Phi) is 8.30. The van der Waals surface area contributed by atoms with Crippen molar-refractivity contribution in [2.45, 2.75) is 19.3 Å². The van der Waals surface area contributed by atoms with Crippen LogP contribution in [0, 0.1) is 5.41 Å². The molecule has 0 bridgehead atoms. The van der Waals surface area contributed by atoms with Crippen LogP contribution in [0.3, 0.4) is 0 Å². The van der Waals surface area contributed by atoms with Crippen molar-refractivity contribution in [3.63, 3.8) is 0 Å². The number of para-hydroxylation sites is 2. The van der Waals surface area contributed by atoms with Crippen molar-refractivity contribution in [1.29, 1.82) is 5.41 Å². The van der Waals surface area contributed by atoms with E-state index in [-0.39, 0.29) is 11.3 Å². The number of nitrogens with one attached hydrogen (secondary N) is 1. The van der Waals surface area contributed by atoms with E-state index in [2.05, 4.69) is 175 Å². The zero-order chi connectivity index (χ0) is 44.1. The minimum atomic E-state index is -0.193. The molecular formula is C60H41N5O. The molecule has 312 valence electrons. The molecule has 0 spiro atoms. The second kappa shape index (κ2) is 14.5. The number of furan rings is 1. The van der Waals surface area contributed by atoms with Gasteiger partial charge >= 0.3 is 0 Å². The maximum Gasteiger partial charge on any atom is 0.163 e. The molecule has 0 saturated carbocycles. The van der Waals surface area contributed by atoms with Gasteiger partial charge in [-0.15, -0.1) is 0 Å². The number of aliphatic imine (C=N–C) groups is 2. The van der Waals surface area contributed by atoms with Crippen LogP contribution < -0.4 is 0 Å². The first-order chi connectivity index (χ1) is 32.4. The van der Waals surface area contributed by atoms with Crippen LogP contribution in [0.4, 0.5) is 0 Å². The van der Waals surface area contributed by atoms with Crippen molar-refractivity contribution in [1.82, 2.24) is 9.13 Å². The third-order valence-corrected chi connectivity index (χ3v) is 13.7. The standard InChI is InChI=1S/C60H41N5O/c1-60(2)49-24-12-9-22-47(49)55-48(23-15-25-50(55)60)58(61)63-59(38-18-7-4-8-19-38)62-36-64-51-26-13-10-20-41(51)45-32-33-46-42-21-11-14-27-52(42)65(57(46)56(45)64)40-29-31-44-43-30-28-39(37-16-5-3-6-17-37)34-53(43)66-54(44)35-40/h3-36,61H,1-2H3. The predicted molar refractivity (Wildman–Crippen MR) is 274 cm³/mol. The fraction of sp³-hybridized carbons (Fsp3) is 0.0500. The van der Waals surface area contributed by atoms with E-state index in [9.17, 15) is 5.41 Å². The van der Waals surface area contributed by atoms with Crippen molar-refractivity contribution in [2.75, 3.05) is 0 Å². The second-order valence-corrected chi connectivity index (χ2v) is 17.8. The molecule has 1 N–H and O–H groups in total. The Morgan fingerprint density at radius 1 is 0.530 bits per heavy atom. The summed E-state index contributed by atoms with van der Waals surface area (Å²) in [6.07, 6.45) is 1.89. The molecule has 66 heavy (non-hydrogen) atoms. The highest BCUT2D eigenvalue weighted by Gasteiger charge is 2.37. The van der Waals surface area contributed by atoms with Gasteiger partial charge in [0.25, 0.3) is 0 Å². The van der Waals surface area contributed by atoms with E-state index in [1.165, 1.54) is 11.1 Å². The number of aromatic nitrogens is 2. The lowest BCUT2D eigenvalue weighted by atomic mass is 9.82. The Balaban J connectivity index is 1.01. The third-order valence-electron chi connectivity index (χ3n) is 13.7. The first kappa shape index (κ1) is 37.9. The first-order valence-corrected chi connectivity index (χ1v) is 22.4. The van der Waals surface area contributed by atoms with E-state index in [1.807, 2.05) is 54.9 Å². The number of fused-ring (bicyclic) bond motifs is 13. The van der Waals surface area contributed by atoms with Crippen LogP contribution in [0.2, 0.25) is 0 Å². The molecule has 12 aromatic rings. The van der Waals surface area contributed by atoms with Crippen LogP contribution in [0.25, 0.3) is 93.5 Å². The number of hydrogen-bond acceptors (Lipinski definition) is 2. The van der Waals surface area contributed by atoms with Crippen molar-refractivity contribution in [3.8, 4) is 27.9 Å². The predicted octanol–water partition coefficient (Wildman–Crippen LogP) is 15.1. The second-order valence-electron chi connectivity index (χ2n) is 17.8. The normalized spacial score (nSPS) is 13.5. The average Bonchev–Trinajstić information content (AvgIpc) is 4.07. The highest BCUT2D eigenvalue weighted by molar-refractivity contribution is 6.25. The zero-order valence-electron chi connectivity index (χ0n) is 36.3. The van der Waals surface area contributed by atoms with E-state index >= 15 is 0 Å². The summed E-state index contributed by atoms with van der Waals surface area (Å²) in [5.74, 6) is 0.616. The minimum absolute atomic E-state index is 0.164. The zero-order valence-corrected chi connectivity index (χ0v) is 36.3. The molecule has 6 nitrogen and oxygen atoms in total. The highest BCUT2D eigenvalue weighted by Crippen LogP contribution is 2.50. The molecule has 13 rings (SSSR count). The molecule has 0 aliphatic heterocycles. The molecular weight excluding hydrogens is 807 g/mol. The average molecular weight is 848 g/mol. The summed E-state index contributed by atoms with van der Waals surface area (Å²) in [6, 6.07) is 69.9. The molecule has 0 radical (unpaired) electrons. The molecule has 0 amide bonds. The van der Waals surface area contributed by atoms with Gasteiger partial charge in [0.15, 0.2) is 11.7 Å². The molecule has 6 heteroatoms. The number of amidine groups is 2. The summed E-state index contributed by atoms with van der Waals surface area (Å²) in [5, 5.41) is 16.3. The van der Waals surface area contributed by atoms with Gasteiger partial charge in [0, 0.05) is 54.9 Å². The molecule has 9 aromatic carbocycles. The maximum absolute atomic E-state index is 9.62. The van der Waals surface area contributed by atoms with Gasteiger partial charge in [-0.05, 0) is 69.8 Å². The van der Waals surface area contributed by atoms with Crippen molar-refractivity contribution in [2.24, 2.45) is 9.98 Å². The van der Waals surface area contributed by atoms with Gasteiger partial charge in [-0.25, -0.2) is 9.98 Å². The fourth-order valence-corrected chi connectivity index (χ4v) is 10.6. The van der Waals surface area contributed by atoms with E-state index in [4.69, 9.17) is 14.4 Å². The Morgan fingerprint density at radius 3 is 1.95 bits per heavy atom. The molecule has 0 atom stereocenters. The lowest BCUT2D eigenvalue weighted by molar-refractivity contribution is 0.660. The van der Waals surface area contributed by atoms with Gasteiger partial charge in [0.05, 0.1) is 27.8 Å². The Labute approximate surface area is 380 Å². The molecule has 3 heterocycles. The number of rotatable bonds is 5. The number of nitrogens with zero attached hydrogens (tertiary/aromatic N) is 4. The molecule has 1 aliphatic rings. The molecule has 0 saturated heterocycles. The summed E-state index contributed by atoms with van der Waals surface area (Å²) < 4.78 is 11.3. The van der Waals surface area contributed by atoms with Crippen LogP contribution in [0.1, 0.15) is 36.1 Å². The topological polar surface area (TPSA) is 71.6 Å². The van der Waals surface area contributed by atoms with Crippen molar-refractivity contribution < 1.29 is 4.42 Å². The van der Waals surface area contributed by atoms with Gasteiger partial charge < -0.3 is 8.98 Å². The van der Waals surface area contributed by atoms with Crippen LogP contribution >= 0.6 is 0 Å². The summed E-state index contributed by atoms with van der Waals surface area (Å²) in [6.45, 7) is 4.52. The fourth-order valence-electron chi connectivity index (χ4n) is 10.6. The van der Waals surface area contributed by atoms with Gasteiger partial charge in [-0.3, -0.25) is 9.98 Å². The van der Waals surface area contributed by atoms with E-state index < -0.39 is 0 Å². The maximum atomic E-state index is 9.62. The van der Waals surface area contributed by atoms with Crippen molar-refractivity contribution >= 4 is 83.6 Å². The Hall–Kier alpha value is -8.61. The van der Waals surface area contributed by atoms with E-state index in [1.54, 1.807) is 0 Å². The van der Waals surface area contributed by atoms with E-state index in [0.29, 0.717) is 5.84 Å². The van der Waals surface area contributed by atoms with Crippen LogP contribution in [0.5, 0.6) is 0 Å². The lowest BCUT2D eigenvalue weighted by Crippen LogP contribution is -2.15. The molecule has 1 aliphatic carbocycles. The Bertz CT molecular complexity index is 4030. The molecule has 3 aromatic heterocycles. The van der Waals surface area contributed by atoms with Gasteiger partial charge in [-0.2, -0.15) is 0 Å². The summed E-state index contributed by atoms with van der Waals surface area (Å²) in [7, 11) is 0. The highest BCUT2D eigenvalue weighted by atomic mass is 16.3. The molecule has 0 fully saturated rings. The lowest BCUT2D eigenvalue weighted by Gasteiger charge is -2.21. The molecule has 0 unspecified atom stereocenters. The quantitative estimate of drug-likeness (QED) is 0.136. The SMILES string of the molecule is CC1(C)c2ccccc2-c2c(C(=N)N=C(N=Cn3c4ccccc4c4ccc5c6ccccc6n(-c6ccc7c(c6)oc6cc(-c8ccccc8)ccc67)c5c43)c3ccccc3)cccc21. The van der Waals surface area contributed by atoms with Crippen LogP contribution in [-0.4, -0.2) is 27.1 Å². The summed E-state index contributed by atoms with van der Waals surface area (Å²) in [4.78, 5) is 10.3. The number of benzene rings is 9. The monoisotopic (exact) mass is 847 g/mol. The van der Waals surface area contributed by atoms with Gasteiger partial charge in [0.1, 0.15) is 17.5 Å². The minimum Gasteiger partial charge on any atom is -0.456 e. The van der Waals surface area contributed by atoms with Crippen molar-refractivity contribution in [3.05, 3.63) is 222 Å². The van der Waals surface area contributed by atoms with Crippen LogP contribution in [-0.2, 0) is 5.41 Å². The van der Waals surface area contributed by atoms with Crippen LogP contribution in [0.15, 0.2) is 215 Å². The van der Waals surface area contributed by atoms with E-state index in [0.717, 1.165) is 105 Å². The smallest absolute Gasteiger partial charge is 0.163 e. The van der Waals surface area contributed by atoms with Gasteiger partial charge in [0.2, 0.25) is 0 Å². The first-order valence-electron chi connectivity index (χ1n) is 22.4. The van der Waals surface area contributed by atoms with Gasteiger partial charge in [-0.1, -0.05) is 172 Å². The summed E-state index contributed by atoms with van der Waals surface area (Å²) in [5.41, 5.74) is 15.3. The Morgan fingerprint density at radius 2 is 1.15 bits per heavy atom.